The van der Waals surface area contributed by atoms with Crippen molar-refractivity contribution >= 4 is 18.4 Å². The Balaban J connectivity index is 0. The third-order valence-corrected chi connectivity index (χ3v) is 1.89. The molecule has 2 atom stereocenters. The predicted octanol–water partition coefficient (Wildman–Crippen LogP) is -0.205. The monoisotopic (exact) mass is 183 g/mol. The van der Waals surface area contributed by atoms with Crippen molar-refractivity contribution in [3.05, 3.63) is 0 Å². The maximum Gasteiger partial charge on any atom is 0.308 e. The smallest absolute Gasteiger partial charge is 0.308 e. The van der Waals surface area contributed by atoms with Gasteiger partial charge < -0.3 is 16.3 Å². The summed E-state index contributed by atoms with van der Waals surface area (Å²) in [6, 6.07) is -0.0949. The molecule has 0 heterocycles. The van der Waals surface area contributed by atoms with Gasteiger partial charge in [0.2, 0.25) is 0 Å². The molecular weight excluding hydrogens is 170 g/mol. The van der Waals surface area contributed by atoms with Crippen molar-refractivity contribution in [3.63, 3.8) is 0 Å². The molecule has 4 nitrogen and oxygen atoms in total. The van der Waals surface area contributed by atoms with E-state index in [9.17, 15) is 4.79 Å². The molecule has 1 fully saturated rings. The van der Waals surface area contributed by atoms with Crippen LogP contribution in [0.1, 0.15) is 19.3 Å². The molecule has 0 aromatic heterocycles. The Bertz CT molecular complexity index is 131. The summed E-state index contributed by atoms with van der Waals surface area (Å²) in [4.78, 5) is 10.3. The maximum atomic E-state index is 10.3. The second-order valence-electron chi connectivity index (χ2n) is 2.54. The average molecular weight is 184 g/mol. The van der Waals surface area contributed by atoms with E-state index in [0.717, 1.165) is 19.3 Å². The molecule has 0 aliphatic heterocycles. The molecule has 0 radical (unpaired) electrons. The van der Waals surface area contributed by atoms with Crippen LogP contribution in [0.5, 0.6) is 0 Å². The Kier molecular flexibility index (Phi) is 6.46. The highest BCUT2D eigenvalue weighted by atomic mass is 35.5. The van der Waals surface area contributed by atoms with Crippen molar-refractivity contribution in [2.75, 3.05) is 0 Å². The number of nitrogens with two attached hydrogens (primary N) is 1. The van der Waals surface area contributed by atoms with E-state index in [1.807, 2.05) is 0 Å². The zero-order chi connectivity index (χ0) is 6.85. The fraction of sp³-hybridized carbons (Fsp3) is 0.833. The Hall–Kier alpha value is -0.320. The van der Waals surface area contributed by atoms with Gasteiger partial charge in [0, 0.05) is 6.04 Å². The Morgan fingerprint density at radius 1 is 1.45 bits per heavy atom. The number of hydrogen-bond donors (Lipinski definition) is 2. The molecule has 0 saturated heterocycles. The standard InChI is InChI=1S/C6H11NO2.ClH.H2O/c7-5-3-1-2-4(5)6(8)9;;/h4-5H,1-3,7H2,(H,8,9);1H;1H2. The summed E-state index contributed by atoms with van der Waals surface area (Å²) in [5.41, 5.74) is 5.50. The molecule has 1 saturated carbocycles. The van der Waals surface area contributed by atoms with Crippen molar-refractivity contribution < 1.29 is 15.4 Å². The topological polar surface area (TPSA) is 94.8 Å². The van der Waals surface area contributed by atoms with Crippen molar-refractivity contribution in [2.45, 2.75) is 25.3 Å². The first-order valence-corrected chi connectivity index (χ1v) is 3.20. The van der Waals surface area contributed by atoms with Crippen LogP contribution in [0, 0.1) is 5.92 Å². The lowest BCUT2D eigenvalue weighted by Gasteiger charge is -2.07. The SMILES string of the molecule is Cl.NC1CCCC1C(=O)O.O. The number of carbonyl (C=O) groups is 1. The van der Waals surface area contributed by atoms with Crippen molar-refractivity contribution in [2.24, 2.45) is 11.7 Å². The molecular formula is C6H14ClNO3. The molecule has 0 bridgehead atoms. The average Bonchev–Trinajstić information content (AvgIpc) is 2.13. The van der Waals surface area contributed by atoms with Crippen LogP contribution in [0.3, 0.4) is 0 Å². The lowest BCUT2D eigenvalue weighted by molar-refractivity contribution is -0.141. The van der Waals surface area contributed by atoms with Gasteiger partial charge in [-0.2, -0.15) is 0 Å². The molecule has 68 valence electrons. The van der Waals surface area contributed by atoms with E-state index >= 15 is 0 Å². The van der Waals surface area contributed by atoms with Gasteiger partial charge in [0.15, 0.2) is 0 Å². The van der Waals surface area contributed by atoms with Crippen LogP contribution in [0.2, 0.25) is 0 Å². The molecule has 5 heteroatoms. The number of halogens is 1. The van der Waals surface area contributed by atoms with E-state index in [1.165, 1.54) is 0 Å². The largest absolute Gasteiger partial charge is 0.481 e. The van der Waals surface area contributed by atoms with E-state index in [1.54, 1.807) is 0 Å². The first-order valence-electron chi connectivity index (χ1n) is 3.20. The lowest BCUT2D eigenvalue weighted by Crippen LogP contribution is -2.30. The zero-order valence-electron chi connectivity index (χ0n) is 6.12. The van der Waals surface area contributed by atoms with E-state index in [4.69, 9.17) is 10.8 Å². The van der Waals surface area contributed by atoms with E-state index < -0.39 is 5.97 Å². The Labute approximate surface area is 71.5 Å². The Morgan fingerprint density at radius 3 is 2.18 bits per heavy atom. The highest BCUT2D eigenvalue weighted by molar-refractivity contribution is 5.85. The molecule has 0 aromatic rings. The van der Waals surface area contributed by atoms with Crippen LogP contribution in [0.25, 0.3) is 0 Å². The quantitative estimate of drug-likeness (QED) is 0.589. The number of hydrogen-bond acceptors (Lipinski definition) is 2. The zero-order valence-corrected chi connectivity index (χ0v) is 6.93. The van der Waals surface area contributed by atoms with Crippen molar-refractivity contribution in [1.82, 2.24) is 0 Å². The van der Waals surface area contributed by atoms with Crippen LogP contribution >= 0.6 is 12.4 Å². The first kappa shape index (κ1) is 13.3. The summed E-state index contributed by atoms with van der Waals surface area (Å²) < 4.78 is 0. The van der Waals surface area contributed by atoms with Gasteiger partial charge in [0.1, 0.15) is 0 Å². The first-order chi connectivity index (χ1) is 4.22. The van der Waals surface area contributed by atoms with Crippen LogP contribution in [-0.2, 0) is 4.79 Å². The van der Waals surface area contributed by atoms with Gasteiger partial charge in [-0.25, -0.2) is 0 Å². The highest BCUT2D eigenvalue weighted by Crippen LogP contribution is 2.23. The van der Waals surface area contributed by atoms with Crippen molar-refractivity contribution in [3.8, 4) is 0 Å². The predicted molar refractivity (Wildman–Crippen MR) is 43.8 cm³/mol. The number of carboxylic acids is 1. The van der Waals surface area contributed by atoms with Gasteiger partial charge >= 0.3 is 5.97 Å². The normalized spacial score (nSPS) is 28.5. The third kappa shape index (κ3) is 3.05. The number of rotatable bonds is 1. The second-order valence-corrected chi connectivity index (χ2v) is 2.54. The van der Waals surface area contributed by atoms with Crippen LogP contribution in [0.15, 0.2) is 0 Å². The van der Waals surface area contributed by atoms with E-state index in [0.29, 0.717) is 0 Å². The number of carboxylic acid groups (broad SMARTS) is 1. The summed E-state index contributed by atoms with van der Waals surface area (Å²) >= 11 is 0. The van der Waals surface area contributed by atoms with Gasteiger partial charge in [0.25, 0.3) is 0 Å². The molecule has 0 amide bonds. The van der Waals surface area contributed by atoms with Crippen molar-refractivity contribution in [1.29, 1.82) is 0 Å². The fourth-order valence-corrected chi connectivity index (χ4v) is 1.30. The van der Waals surface area contributed by atoms with Crippen LogP contribution in [0.4, 0.5) is 0 Å². The molecule has 2 unspecified atom stereocenters. The third-order valence-electron chi connectivity index (χ3n) is 1.89. The molecule has 11 heavy (non-hydrogen) atoms. The highest BCUT2D eigenvalue weighted by Gasteiger charge is 2.29. The number of aliphatic carboxylic acids is 1. The summed E-state index contributed by atoms with van der Waals surface area (Å²) in [5, 5.41) is 8.50. The van der Waals surface area contributed by atoms with E-state index in [-0.39, 0.29) is 29.8 Å². The summed E-state index contributed by atoms with van der Waals surface area (Å²) in [6.45, 7) is 0. The summed E-state index contributed by atoms with van der Waals surface area (Å²) in [6.07, 6.45) is 2.60. The van der Waals surface area contributed by atoms with E-state index in [2.05, 4.69) is 0 Å². The van der Waals surface area contributed by atoms with Gasteiger partial charge in [-0.05, 0) is 12.8 Å². The Morgan fingerprint density at radius 2 is 2.00 bits per heavy atom. The van der Waals surface area contributed by atoms with Gasteiger partial charge in [-0.3, -0.25) is 4.79 Å². The summed E-state index contributed by atoms with van der Waals surface area (Å²) in [7, 11) is 0. The molecule has 5 N–H and O–H groups in total. The lowest BCUT2D eigenvalue weighted by atomic mass is 10.1. The van der Waals surface area contributed by atoms with Crippen LogP contribution in [-0.4, -0.2) is 22.6 Å². The second kappa shape index (κ2) is 5.35. The molecule has 1 aliphatic carbocycles. The minimum atomic E-state index is -0.736. The summed E-state index contributed by atoms with van der Waals surface area (Å²) in [5.74, 6) is -1.01. The molecule has 0 spiro atoms. The minimum absolute atomic E-state index is 0. The maximum absolute atomic E-state index is 10.3. The van der Waals surface area contributed by atoms with Gasteiger partial charge in [0.05, 0.1) is 5.92 Å². The van der Waals surface area contributed by atoms with Gasteiger partial charge in [-0.15, -0.1) is 12.4 Å². The van der Waals surface area contributed by atoms with Gasteiger partial charge in [-0.1, -0.05) is 6.42 Å². The molecule has 1 rings (SSSR count). The molecule has 1 aliphatic rings. The van der Waals surface area contributed by atoms with Crippen LogP contribution < -0.4 is 5.73 Å². The minimum Gasteiger partial charge on any atom is -0.481 e. The molecule has 0 aromatic carbocycles. The fourth-order valence-electron chi connectivity index (χ4n) is 1.30.